The van der Waals surface area contributed by atoms with Crippen LogP contribution in [0.2, 0.25) is 0 Å². The quantitative estimate of drug-likeness (QED) is 0.395. The molecular formula is C10H15NO5. The monoisotopic (exact) mass is 229 g/mol. The van der Waals surface area contributed by atoms with Gasteiger partial charge < -0.3 is 9.47 Å². The number of carbonyl (C=O) groups excluding carboxylic acids is 3. The Morgan fingerprint density at radius 3 is 2.19 bits per heavy atom. The summed E-state index contributed by atoms with van der Waals surface area (Å²) in [6.45, 7) is 4.97. The van der Waals surface area contributed by atoms with E-state index >= 15 is 0 Å². The van der Waals surface area contributed by atoms with Crippen molar-refractivity contribution in [1.82, 2.24) is 4.90 Å². The second kappa shape index (κ2) is 4.51. The predicted molar refractivity (Wildman–Crippen MR) is 53.8 cm³/mol. The molecule has 6 nitrogen and oxygen atoms in total. The van der Waals surface area contributed by atoms with Crippen molar-refractivity contribution in [1.29, 1.82) is 0 Å². The molecule has 1 rings (SSSR count). The summed E-state index contributed by atoms with van der Waals surface area (Å²) in [5, 5.41) is 0. The fraction of sp³-hybridized carbons (Fsp3) is 0.700. The molecule has 0 aromatic carbocycles. The highest BCUT2D eigenvalue weighted by Crippen LogP contribution is 2.35. The average Bonchev–Trinajstić information content (AvgIpc) is 2.94. The highest BCUT2D eigenvalue weighted by Gasteiger charge is 2.67. The van der Waals surface area contributed by atoms with Crippen LogP contribution in [0.4, 0.5) is 4.79 Å². The van der Waals surface area contributed by atoms with E-state index in [-0.39, 0.29) is 19.8 Å². The fourth-order valence-corrected chi connectivity index (χ4v) is 1.49. The number of Topliss-reactive ketones (excluding diaryl/α,β-unsaturated/α-hetero) is 1. The highest BCUT2D eigenvalue weighted by molar-refractivity contribution is 6.14. The van der Waals surface area contributed by atoms with Crippen molar-refractivity contribution in [3.8, 4) is 0 Å². The largest absolute Gasteiger partial charge is 0.464 e. The Morgan fingerprint density at radius 2 is 1.75 bits per heavy atom. The van der Waals surface area contributed by atoms with E-state index in [1.54, 1.807) is 13.8 Å². The fourth-order valence-electron chi connectivity index (χ4n) is 1.49. The molecule has 0 saturated carbocycles. The molecule has 0 aromatic heterocycles. The maximum Gasteiger partial charge on any atom is 0.411 e. The topological polar surface area (TPSA) is 72.7 Å². The minimum absolute atomic E-state index is 0.0417. The van der Waals surface area contributed by atoms with E-state index in [9.17, 15) is 14.4 Å². The third-order valence-electron chi connectivity index (χ3n) is 2.43. The molecule has 1 saturated heterocycles. The van der Waals surface area contributed by atoms with Crippen molar-refractivity contribution in [2.45, 2.75) is 26.3 Å². The highest BCUT2D eigenvalue weighted by atomic mass is 16.6. The minimum Gasteiger partial charge on any atom is -0.464 e. The van der Waals surface area contributed by atoms with E-state index in [0.717, 1.165) is 4.90 Å². The average molecular weight is 229 g/mol. The summed E-state index contributed by atoms with van der Waals surface area (Å²) in [6.07, 6.45) is -0.661. The second-order valence-corrected chi connectivity index (χ2v) is 3.42. The lowest BCUT2D eigenvalue weighted by Crippen LogP contribution is -2.40. The Hall–Kier alpha value is -1.59. The maximum absolute atomic E-state index is 11.6. The van der Waals surface area contributed by atoms with E-state index in [1.165, 1.54) is 6.92 Å². The van der Waals surface area contributed by atoms with E-state index in [0.29, 0.717) is 0 Å². The summed E-state index contributed by atoms with van der Waals surface area (Å²) < 4.78 is 9.51. The van der Waals surface area contributed by atoms with Crippen LogP contribution in [-0.4, -0.2) is 48.0 Å². The molecule has 1 aliphatic rings. The van der Waals surface area contributed by atoms with E-state index < -0.39 is 23.4 Å². The Bertz CT molecular complexity index is 327. The zero-order chi connectivity index (χ0) is 12.3. The van der Waals surface area contributed by atoms with Crippen LogP contribution in [0.25, 0.3) is 0 Å². The number of hydrogen-bond acceptors (Lipinski definition) is 5. The predicted octanol–water partition coefficient (Wildman–Crippen LogP) is 0.349. The van der Waals surface area contributed by atoms with Crippen molar-refractivity contribution < 1.29 is 23.9 Å². The zero-order valence-corrected chi connectivity index (χ0v) is 9.61. The molecule has 1 atom stereocenters. The molecule has 0 aromatic rings. The first-order valence-corrected chi connectivity index (χ1v) is 5.13. The Morgan fingerprint density at radius 1 is 1.19 bits per heavy atom. The molecule has 1 heterocycles. The van der Waals surface area contributed by atoms with Crippen molar-refractivity contribution in [2.24, 2.45) is 0 Å². The van der Waals surface area contributed by atoms with Crippen LogP contribution < -0.4 is 0 Å². The Balaban J connectivity index is 2.77. The summed E-state index contributed by atoms with van der Waals surface area (Å²) in [5.41, 5.74) is -1.44. The maximum atomic E-state index is 11.6. The van der Waals surface area contributed by atoms with Gasteiger partial charge >= 0.3 is 12.1 Å². The number of carbonyl (C=O) groups is 3. The third kappa shape index (κ3) is 1.87. The van der Waals surface area contributed by atoms with Gasteiger partial charge in [0.25, 0.3) is 0 Å². The van der Waals surface area contributed by atoms with Gasteiger partial charge in [-0.1, -0.05) is 0 Å². The van der Waals surface area contributed by atoms with Gasteiger partial charge in [-0.25, -0.2) is 9.59 Å². The molecule has 1 unspecified atom stereocenters. The summed E-state index contributed by atoms with van der Waals surface area (Å²) in [6, 6.07) is 0. The summed E-state index contributed by atoms with van der Waals surface area (Å²) in [4.78, 5) is 35.5. The van der Waals surface area contributed by atoms with Crippen molar-refractivity contribution in [3.05, 3.63) is 0 Å². The summed E-state index contributed by atoms with van der Waals surface area (Å²) in [5.74, 6) is -1.09. The van der Waals surface area contributed by atoms with Crippen LogP contribution >= 0.6 is 0 Å². The number of nitrogens with zero attached hydrogens (tertiary/aromatic N) is 1. The molecule has 90 valence electrons. The van der Waals surface area contributed by atoms with E-state index in [4.69, 9.17) is 9.47 Å². The van der Waals surface area contributed by atoms with Crippen molar-refractivity contribution >= 4 is 17.8 Å². The SMILES string of the molecule is CCOC(=O)N1CC1(C(C)=O)C(=O)OCC. The number of amides is 1. The molecule has 0 radical (unpaired) electrons. The van der Waals surface area contributed by atoms with Gasteiger partial charge in [0, 0.05) is 0 Å². The van der Waals surface area contributed by atoms with Gasteiger partial charge in [-0.2, -0.15) is 0 Å². The number of ketones is 1. The first-order chi connectivity index (χ1) is 7.50. The Labute approximate surface area is 93.5 Å². The Kier molecular flexibility index (Phi) is 3.51. The molecule has 6 heteroatoms. The number of esters is 1. The molecule has 16 heavy (non-hydrogen) atoms. The number of hydrogen-bond donors (Lipinski definition) is 0. The lowest BCUT2D eigenvalue weighted by molar-refractivity contribution is -0.150. The molecule has 0 N–H and O–H groups in total. The molecule has 1 fully saturated rings. The minimum atomic E-state index is -1.44. The van der Waals surface area contributed by atoms with Crippen LogP contribution in [0, 0.1) is 0 Å². The van der Waals surface area contributed by atoms with Crippen molar-refractivity contribution in [3.63, 3.8) is 0 Å². The molecule has 0 spiro atoms. The van der Waals surface area contributed by atoms with E-state index in [1.807, 2.05) is 0 Å². The van der Waals surface area contributed by atoms with Crippen LogP contribution in [0.15, 0.2) is 0 Å². The lowest BCUT2D eigenvalue weighted by Gasteiger charge is -2.12. The standard InChI is InChI=1S/C10H15NO5/c1-4-15-8(13)10(7(3)12)6-11(10)9(14)16-5-2/h4-6H2,1-3H3. The molecular weight excluding hydrogens is 214 g/mol. The van der Waals surface area contributed by atoms with Gasteiger partial charge in [0.2, 0.25) is 5.54 Å². The zero-order valence-electron chi connectivity index (χ0n) is 9.61. The van der Waals surface area contributed by atoms with Crippen LogP contribution in [0.1, 0.15) is 20.8 Å². The number of ether oxygens (including phenoxy) is 2. The van der Waals surface area contributed by atoms with Crippen molar-refractivity contribution in [2.75, 3.05) is 19.8 Å². The van der Waals surface area contributed by atoms with Gasteiger partial charge in [-0.15, -0.1) is 0 Å². The molecule has 1 amide bonds. The normalized spacial score (nSPS) is 22.6. The van der Waals surface area contributed by atoms with Gasteiger partial charge in [-0.3, -0.25) is 9.69 Å². The first kappa shape index (κ1) is 12.5. The summed E-state index contributed by atoms with van der Waals surface area (Å²) in [7, 11) is 0. The first-order valence-electron chi connectivity index (χ1n) is 5.13. The third-order valence-corrected chi connectivity index (χ3v) is 2.43. The molecule has 0 bridgehead atoms. The van der Waals surface area contributed by atoms with Gasteiger partial charge in [0.15, 0.2) is 5.78 Å². The van der Waals surface area contributed by atoms with Gasteiger partial charge in [0.05, 0.1) is 19.8 Å². The van der Waals surface area contributed by atoms with E-state index in [2.05, 4.69) is 0 Å². The van der Waals surface area contributed by atoms with Crippen LogP contribution in [-0.2, 0) is 19.1 Å². The van der Waals surface area contributed by atoms with Gasteiger partial charge in [0.1, 0.15) is 0 Å². The smallest absolute Gasteiger partial charge is 0.411 e. The second-order valence-electron chi connectivity index (χ2n) is 3.42. The molecule has 1 aliphatic heterocycles. The number of rotatable bonds is 4. The lowest BCUT2D eigenvalue weighted by atomic mass is 10.1. The summed E-state index contributed by atoms with van der Waals surface area (Å²) >= 11 is 0. The van der Waals surface area contributed by atoms with Crippen LogP contribution in [0.5, 0.6) is 0 Å². The molecule has 0 aliphatic carbocycles. The van der Waals surface area contributed by atoms with Crippen LogP contribution in [0.3, 0.4) is 0 Å². The van der Waals surface area contributed by atoms with Gasteiger partial charge in [-0.05, 0) is 20.8 Å².